The van der Waals surface area contributed by atoms with E-state index in [1.807, 2.05) is 27.7 Å². The van der Waals surface area contributed by atoms with E-state index in [4.69, 9.17) is 22.1 Å². The Hall–Kier alpha value is -0.640. The minimum absolute atomic E-state index is 0.0514. The lowest BCUT2D eigenvalue weighted by molar-refractivity contribution is -0.0768. The molecule has 2 N–H and O–H groups in total. The van der Waals surface area contributed by atoms with Crippen molar-refractivity contribution in [2.45, 2.75) is 51.4 Å². The Morgan fingerprint density at radius 2 is 2.00 bits per heavy atom. The van der Waals surface area contributed by atoms with Gasteiger partial charge < -0.3 is 10.5 Å². The molecule has 2 atom stereocenters. The average molecular weight is 286 g/mol. The number of nitrogens with two attached hydrogens (primary N) is 1. The summed E-state index contributed by atoms with van der Waals surface area (Å²) in [6, 6.07) is 4.09. The van der Waals surface area contributed by atoms with Gasteiger partial charge in [-0.05, 0) is 52.3 Å². The van der Waals surface area contributed by atoms with Crippen LogP contribution in [-0.4, -0.2) is 11.2 Å². The third kappa shape index (κ3) is 2.93. The van der Waals surface area contributed by atoms with Crippen molar-refractivity contribution in [3.05, 3.63) is 34.6 Å². The Balaban J connectivity index is 2.34. The quantitative estimate of drug-likeness (QED) is 0.889. The molecule has 1 aromatic rings. The lowest BCUT2D eigenvalue weighted by Crippen LogP contribution is -2.36. The Morgan fingerprint density at radius 3 is 2.53 bits per heavy atom. The third-order valence-corrected chi connectivity index (χ3v) is 4.13. The average Bonchev–Trinajstić information content (AvgIpc) is 2.49. The van der Waals surface area contributed by atoms with Crippen LogP contribution in [0.4, 0.5) is 4.39 Å². The normalized spacial score (nSPS) is 26.4. The largest absolute Gasteiger partial charge is 0.369 e. The van der Waals surface area contributed by atoms with E-state index in [0.29, 0.717) is 10.6 Å². The molecule has 0 aliphatic carbocycles. The first-order chi connectivity index (χ1) is 8.62. The van der Waals surface area contributed by atoms with Gasteiger partial charge in [-0.3, -0.25) is 0 Å². The molecule has 1 aliphatic heterocycles. The Bertz CT molecular complexity index is 487. The van der Waals surface area contributed by atoms with Crippen LogP contribution in [0.5, 0.6) is 0 Å². The molecule has 19 heavy (non-hydrogen) atoms. The molecule has 0 saturated carbocycles. The highest BCUT2D eigenvalue weighted by atomic mass is 35.5. The zero-order chi connectivity index (χ0) is 14.4. The fourth-order valence-electron chi connectivity index (χ4n) is 3.15. The summed E-state index contributed by atoms with van der Waals surface area (Å²) >= 11 is 5.94. The third-order valence-electron chi connectivity index (χ3n) is 3.89. The molecule has 1 aromatic carbocycles. The lowest BCUT2D eigenvalue weighted by Gasteiger charge is -2.31. The molecule has 1 heterocycles. The molecule has 2 rings (SSSR count). The predicted octanol–water partition coefficient (Wildman–Crippen LogP) is 4.07. The molecule has 2 nitrogen and oxygen atoms in total. The number of hydrogen-bond acceptors (Lipinski definition) is 2. The molecule has 1 aliphatic rings. The summed E-state index contributed by atoms with van der Waals surface area (Å²) in [5.41, 5.74) is 6.14. The van der Waals surface area contributed by atoms with Crippen molar-refractivity contribution >= 4 is 11.6 Å². The highest BCUT2D eigenvalue weighted by Crippen LogP contribution is 2.47. The van der Waals surface area contributed by atoms with E-state index < -0.39 is 6.04 Å². The van der Waals surface area contributed by atoms with Gasteiger partial charge in [0.25, 0.3) is 0 Å². The van der Waals surface area contributed by atoms with Crippen molar-refractivity contribution in [3.63, 3.8) is 0 Å². The van der Waals surface area contributed by atoms with E-state index in [-0.39, 0.29) is 22.9 Å². The number of benzene rings is 1. The second kappa shape index (κ2) is 4.72. The zero-order valence-corrected chi connectivity index (χ0v) is 12.6. The van der Waals surface area contributed by atoms with Gasteiger partial charge in [0.2, 0.25) is 0 Å². The smallest absolute Gasteiger partial charge is 0.128 e. The van der Waals surface area contributed by atoms with Gasteiger partial charge in [0.1, 0.15) is 5.82 Å². The number of halogens is 2. The van der Waals surface area contributed by atoms with E-state index in [9.17, 15) is 4.39 Å². The predicted molar refractivity (Wildman–Crippen MR) is 75.7 cm³/mol. The second-order valence-electron chi connectivity index (χ2n) is 6.47. The van der Waals surface area contributed by atoms with E-state index >= 15 is 0 Å². The SMILES string of the molecule is CC1(C)CC(C(N)c2cc(Cl)ccc2F)C(C)(C)O1. The van der Waals surface area contributed by atoms with Crippen LogP contribution in [-0.2, 0) is 4.74 Å². The number of hydrogen-bond donors (Lipinski definition) is 1. The fraction of sp³-hybridized carbons (Fsp3) is 0.600. The summed E-state index contributed by atoms with van der Waals surface area (Å²) in [5, 5.41) is 0.503. The fourth-order valence-corrected chi connectivity index (χ4v) is 3.33. The number of ether oxygens (including phenoxy) is 1. The lowest BCUT2D eigenvalue weighted by atomic mass is 9.79. The zero-order valence-electron chi connectivity index (χ0n) is 11.8. The molecule has 2 unspecified atom stereocenters. The van der Waals surface area contributed by atoms with Crippen LogP contribution in [0.15, 0.2) is 18.2 Å². The summed E-state index contributed by atoms with van der Waals surface area (Å²) in [7, 11) is 0. The van der Waals surface area contributed by atoms with Crippen molar-refractivity contribution in [2.24, 2.45) is 11.7 Å². The highest BCUT2D eigenvalue weighted by Gasteiger charge is 2.48. The first-order valence-electron chi connectivity index (χ1n) is 6.53. The van der Waals surface area contributed by atoms with Crippen molar-refractivity contribution in [1.82, 2.24) is 0 Å². The molecule has 1 saturated heterocycles. The van der Waals surface area contributed by atoms with E-state index in [2.05, 4.69) is 0 Å². The summed E-state index contributed by atoms with van der Waals surface area (Å²) in [6.07, 6.45) is 0.799. The van der Waals surface area contributed by atoms with Crippen molar-refractivity contribution < 1.29 is 9.13 Å². The first-order valence-corrected chi connectivity index (χ1v) is 6.91. The van der Waals surface area contributed by atoms with Crippen LogP contribution < -0.4 is 5.73 Å². The maximum atomic E-state index is 13.9. The molecule has 0 bridgehead atoms. The molecule has 4 heteroatoms. The molecule has 0 aromatic heterocycles. The minimum atomic E-state index is -0.421. The molecule has 0 amide bonds. The van der Waals surface area contributed by atoms with Gasteiger partial charge >= 0.3 is 0 Å². The van der Waals surface area contributed by atoms with Gasteiger partial charge in [0, 0.05) is 22.5 Å². The van der Waals surface area contributed by atoms with Crippen LogP contribution in [0, 0.1) is 11.7 Å². The standard InChI is InChI=1S/C15H21ClFNO/c1-14(2)8-11(15(3,4)19-14)13(18)10-7-9(16)5-6-12(10)17/h5-7,11,13H,8,18H2,1-4H3. The monoisotopic (exact) mass is 285 g/mol. The van der Waals surface area contributed by atoms with Crippen molar-refractivity contribution in [1.29, 1.82) is 0 Å². The summed E-state index contributed by atoms with van der Waals surface area (Å²) in [6.45, 7) is 8.09. The van der Waals surface area contributed by atoms with Crippen LogP contribution in [0.1, 0.15) is 45.7 Å². The highest BCUT2D eigenvalue weighted by molar-refractivity contribution is 6.30. The minimum Gasteiger partial charge on any atom is -0.369 e. The van der Waals surface area contributed by atoms with Gasteiger partial charge in [0.05, 0.1) is 11.2 Å². The first kappa shape index (κ1) is 14.8. The molecule has 1 fully saturated rings. The van der Waals surface area contributed by atoms with E-state index in [0.717, 1.165) is 6.42 Å². The van der Waals surface area contributed by atoms with Gasteiger partial charge in [-0.2, -0.15) is 0 Å². The summed E-state index contributed by atoms with van der Waals surface area (Å²) < 4.78 is 20.0. The summed E-state index contributed by atoms with van der Waals surface area (Å²) in [4.78, 5) is 0. The van der Waals surface area contributed by atoms with Gasteiger partial charge in [-0.25, -0.2) is 4.39 Å². The van der Waals surface area contributed by atoms with Gasteiger partial charge in [-0.15, -0.1) is 0 Å². The maximum Gasteiger partial charge on any atom is 0.128 e. The van der Waals surface area contributed by atoms with Crippen molar-refractivity contribution in [3.8, 4) is 0 Å². The molecule has 106 valence electrons. The van der Waals surface area contributed by atoms with Crippen LogP contribution in [0.25, 0.3) is 0 Å². The Labute approximate surface area is 119 Å². The van der Waals surface area contributed by atoms with Crippen molar-refractivity contribution in [2.75, 3.05) is 0 Å². The van der Waals surface area contributed by atoms with Crippen LogP contribution >= 0.6 is 11.6 Å². The van der Waals surface area contributed by atoms with E-state index in [1.54, 1.807) is 6.07 Å². The summed E-state index contributed by atoms with van der Waals surface area (Å²) in [5.74, 6) is -0.257. The second-order valence-corrected chi connectivity index (χ2v) is 6.90. The number of rotatable bonds is 2. The molecule has 0 radical (unpaired) electrons. The maximum absolute atomic E-state index is 13.9. The van der Waals surface area contributed by atoms with Crippen LogP contribution in [0.3, 0.4) is 0 Å². The van der Waals surface area contributed by atoms with E-state index in [1.165, 1.54) is 12.1 Å². The molecular formula is C15H21ClFNO. The Kier molecular flexibility index (Phi) is 3.67. The topological polar surface area (TPSA) is 35.2 Å². The van der Waals surface area contributed by atoms with Gasteiger partial charge in [0.15, 0.2) is 0 Å². The van der Waals surface area contributed by atoms with Gasteiger partial charge in [-0.1, -0.05) is 11.6 Å². The molecule has 0 spiro atoms. The molecular weight excluding hydrogens is 265 g/mol. The Morgan fingerprint density at radius 1 is 1.37 bits per heavy atom. The van der Waals surface area contributed by atoms with Crippen LogP contribution in [0.2, 0.25) is 5.02 Å².